The number of rotatable bonds is 7. The van der Waals surface area contributed by atoms with Gasteiger partial charge in [-0.1, -0.05) is 208 Å². The second kappa shape index (κ2) is 13.7. The van der Waals surface area contributed by atoms with E-state index < -0.39 is 5.41 Å². The number of benzene rings is 9. The SMILES string of the molecule is CC1(C)c2ccccc2-c2cc(N(c3cccc(C4(c5ccccc5)c5ccccc5-c5ccccc54)c3)c3ccccc3-c3ccccc3)cc(-c3ccccc3)c21. The molecule has 2 aliphatic carbocycles. The molecule has 59 heavy (non-hydrogen) atoms. The minimum Gasteiger partial charge on any atom is -0.310 e. The summed E-state index contributed by atoms with van der Waals surface area (Å²) in [4.78, 5) is 2.51. The van der Waals surface area contributed by atoms with Crippen LogP contribution in [0.3, 0.4) is 0 Å². The molecule has 1 heteroatoms. The third-order valence-electron chi connectivity index (χ3n) is 12.9. The van der Waals surface area contributed by atoms with Gasteiger partial charge in [-0.15, -0.1) is 0 Å². The molecule has 0 fully saturated rings. The van der Waals surface area contributed by atoms with E-state index in [0.717, 1.165) is 17.1 Å². The average Bonchev–Trinajstić information content (AvgIpc) is 3.73. The van der Waals surface area contributed by atoms with Gasteiger partial charge in [0.1, 0.15) is 0 Å². The predicted octanol–water partition coefficient (Wildman–Crippen LogP) is 15.2. The summed E-state index contributed by atoms with van der Waals surface area (Å²) in [5.74, 6) is 0. The lowest BCUT2D eigenvalue weighted by Gasteiger charge is -2.35. The second-order valence-electron chi connectivity index (χ2n) is 16.4. The molecule has 0 N–H and O–H groups in total. The molecule has 0 heterocycles. The highest BCUT2D eigenvalue weighted by Gasteiger charge is 2.46. The van der Waals surface area contributed by atoms with Crippen molar-refractivity contribution in [3.05, 3.63) is 258 Å². The number of para-hydroxylation sites is 1. The monoisotopic (exact) mass is 753 g/mol. The minimum absolute atomic E-state index is 0.173. The van der Waals surface area contributed by atoms with E-state index in [1.807, 2.05) is 0 Å². The van der Waals surface area contributed by atoms with Crippen LogP contribution < -0.4 is 4.90 Å². The number of anilines is 3. The van der Waals surface area contributed by atoms with E-state index in [9.17, 15) is 0 Å². The highest BCUT2D eigenvalue weighted by atomic mass is 15.1. The minimum atomic E-state index is -0.523. The van der Waals surface area contributed by atoms with Crippen LogP contribution in [0.25, 0.3) is 44.5 Å². The molecule has 0 saturated heterocycles. The predicted molar refractivity (Wildman–Crippen MR) is 247 cm³/mol. The molecule has 9 aromatic rings. The average molecular weight is 754 g/mol. The van der Waals surface area contributed by atoms with Gasteiger partial charge >= 0.3 is 0 Å². The summed E-state index contributed by atoms with van der Waals surface area (Å²) in [6, 6.07) is 83.0. The van der Waals surface area contributed by atoms with E-state index in [4.69, 9.17) is 0 Å². The van der Waals surface area contributed by atoms with Crippen molar-refractivity contribution in [2.45, 2.75) is 24.7 Å². The van der Waals surface area contributed by atoms with E-state index in [1.54, 1.807) is 0 Å². The third-order valence-corrected chi connectivity index (χ3v) is 12.9. The van der Waals surface area contributed by atoms with Gasteiger partial charge in [-0.05, 0) is 103 Å². The van der Waals surface area contributed by atoms with Crippen molar-refractivity contribution in [2.75, 3.05) is 4.90 Å². The Morgan fingerprint density at radius 3 is 1.41 bits per heavy atom. The van der Waals surface area contributed by atoms with Gasteiger partial charge < -0.3 is 4.90 Å². The molecule has 0 amide bonds. The smallest absolute Gasteiger partial charge is 0.0714 e. The lowest BCUT2D eigenvalue weighted by Crippen LogP contribution is -2.28. The number of hydrogen-bond acceptors (Lipinski definition) is 1. The van der Waals surface area contributed by atoms with Crippen molar-refractivity contribution in [3.8, 4) is 44.5 Å². The molecule has 0 aliphatic heterocycles. The highest BCUT2D eigenvalue weighted by Crippen LogP contribution is 2.58. The fourth-order valence-electron chi connectivity index (χ4n) is 10.4. The molecule has 0 bridgehead atoms. The molecule has 0 unspecified atom stereocenters. The number of nitrogens with zero attached hydrogens (tertiary/aromatic N) is 1. The van der Waals surface area contributed by atoms with Crippen molar-refractivity contribution in [1.29, 1.82) is 0 Å². The number of hydrogen-bond donors (Lipinski definition) is 0. The molecule has 0 saturated carbocycles. The van der Waals surface area contributed by atoms with Gasteiger partial charge in [0.05, 0.1) is 11.1 Å². The van der Waals surface area contributed by atoms with Crippen molar-refractivity contribution < 1.29 is 0 Å². The highest BCUT2D eigenvalue weighted by molar-refractivity contribution is 5.96. The summed E-state index contributed by atoms with van der Waals surface area (Å²) < 4.78 is 0. The molecule has 0 aromatic heterocycles. The molecule has 0 atom stereocenters. The van der Waals surface area contributed by atoms with Crippen LogP contribution in [0.1, 0.15) is 47.2 Å². The Morgan fingerprint density at radius 2 is 0.780 bits per heavy atom. The molecule has 1 nitrogen and oxygen atoms in total. The molecule has 11 rings (SSSR count). The van der Waals surface area contributed by atoms with Crippen molar-refractivity contribution >= 4 is 17.1 Å². The van der Waals surface area contributed by atoms with Gasteiger partial charge in [0.2, 0.25) is 0 Å². The van der Waals surface area contributed by atoms with Gasteiger partial charge in [-0.2, -0.15) is 0 Å². The van der Waals surface area contributed by atoms with Gasteiger partial charge in [-0.25, -0.2) is 0 Å². The normalized spacial score (nSPS) is 13.9. The largest absolute Gasteiger partial charge is 0.310 e. The Kier molecular flexibility index (Phi) is 8.13. The van der Waals surface area contributed by atoms with E-state index in [-0.39, 0.29) is 5.41 Å². The maximum absolute atomic E-state index is 2.51. The van der Waals surface area contributed by atoms with Crippen LogP contribution in [0, 0.1) is 0 Å². The maximum Gasteiger partial charge on any atom is 0.0714 e. The molecular weight excluding hydrogens is 711 g/mol. The van der Waals surface area contributed by atoms with E-state index in [2.05, 4.69) is 243 Å². The van der Waals surface area contributed by atoms with Crippen LogP contribution >= 0.6 is 0 Å². The molecular formula is C58H43N. The first-order valence-corrected chi connectivity index (χ1v) is 20.7. The van der Waals surface area contributed by atoms with Gasteiger partial charge in [-0.3, -0.25) is 0 Å². The zero-order chi connectivity index (χ0) is 39.6. The fraction of sp³-hybridized carbons (Fsp3) is 0.0690. The maximum atomic E-state index is 2.51. The first-order valence-electron chi connectivity index (χ1n) is 20.7. The third kappa shape index (κ3) is 5.31. The Morgan fingerprint density at radius 1 is 0.322 bits per heavy atom. The Labute approximate surface area is 347 Å². The van der Waals surface area contributed by atoms with Crippen LogP contribution in [0.2, 0.25) is 0 Å². The standard InChI is InChI=1S/C58H43N/c1-57(2)52-33-16-12-32-49(52)51-39-45(38-50(56(51)57)41-23-8-4-9-24-41)59(55-36-19-15-29-46(55)40-21-6-3-7-22-40)44-28-20-27-43(37-44)58(42-25-10-5-11-26-42)53-34-17-13-30-47(53)48-31-14-18-35-54(48)58/h3-39H,1-2H3. The van der Waals surface area contributed by atoms with Crippen LogP contribution in [0.5, 0.6) is 0 Å². The quantitative estimate of drug-likeness (QED) is 0.157. The van der Waals surface area contributed by atoms with Crippen molar-refractivity contribution in [3.63, 3.8) is 0 Å². The van der Waals surface area contributed by atoms with Crippen LogP contribution in [-0.2, 0) is 10.8 Å². The van der Waals surface area contributed by atoms with Crippen molar-refractivity contribution in [1.82, 2.24) is 0 Å². The van der Waals surface area contributed by atoms with Gasteiger partial charge in [0.15, 0.2) is 0 Å². The van der Waals surface area contributed by atoms with Crippen LogP contribution in [0.4, 0.5) is 17.1 Å². The Hall–Kier alpha value is -7.22. The van der Waals surface area contributed by atoms with Crippen LogP contribution in [0.15, 0.2) is 224 Å². The van der Waals surface area contributed by atoms with Gasteiger partial charge in [0, 0.05) is 22.4 Å². The molecule has 2 aliphatic rings. The zero-order valence-electron chi connectivity index (χ0n) is 33.3. The number of fused-ring (bicyclic) bond motifs is 6. The molecule has 9 aromatic carbocycles. The molecule has 0 radical (unpaired) electrons. The first kappa shape index (κ1) is 35.0. The summed E-state index contributed by atoms with van der Waals surface area (Å²) in [6.07, 6.45) is 0. The lowest BCUT2D eigenvalue weighted by molar-refractivity contribution is 0.662. The fourth-order valence-corrected chi connectivity index (χ4v) is 10.4. The van der Waals surface area contributed by atoms with Crippen LogP contribution in [-0.4, -0.2) is 0 Å². The summed E-state index contributed by atoms with van der Waals surface area (Å²) in [6.45, 7) is 4.77. The summed E-state index contributed by atoms with van der Waals surface area (Å²) in [5.41, 5.74) is 20.5. The van der Waals surface area contributed by atoms with Crippen molar-refractivity contribution in [2.24, 2.45) is 0 Å². The summed E-state index contributed by atoms with van der Waals surface area (Å²) in [7, 11) is 0. The second-order valence-corrected chi connectivity index (χ2v) is 16.4. The van der Waals surface area contributed by atoms with E-state index >= 15 is 0 Å². The summed E-state index contributed by atoms with van der Waals surface area (Å²) in [5, 5.41) is 0. The van der Waals surface area contributed by atoms with E-state index in [1.165, 1.54) is 77.9 Å². The molecule has 280 valence electrons. The zero-order valence-corrected chi connectivity index (χ0v) is 33.3. The Balaban J connectivity index is 1.23. The summed E-state index contributed by atoms with van der Waals surface area (Å²) >= 11 is 0. The van der Waals surface area contributed by atoms with Gasteiger partial charge in [0.25, 0.3) is 0 Å². The first-order chi connectivity index (χ1) is 29.0. The lowest BCUT2D eigenvalue weighted by atomic mass is 9.67. The Bertz CT molecular complexity index is 2970. The topological polar surface area (TPSA) is 3.24 Å². The van der Waals surface area contributed by atoms with E-state index in [0.29, 0.717) is 0 Å². The molecule has 0 spiro atoms.